The van der Waals surface area contributed by atoms with Crippen LogP contribution in [0.2, 0.25) is 0 Å². The number of carbonyl (C=O) groups is 2. The molecule has 0 bridgehead atoms. The largest absolute Gasteiger partial charge is 0.444 e. The van der Waals surface area contributed by atoms with E-state index < -0.39 is 17.7 Å². The number of aromatic nitrogens is 3. The molecule has 6 rings (SSSR count). The summed E-state index contributed by atoms with van der Waals surface area (Å²) in [5, 5.41) is 7.90. The summed E-state index contributed by atoms with van der Waals surface area (Å²) in [6, 6.07) is 14.9. The lowest BCUT2D eigenvalue weighted by Gasteiger charge is -2.34. The van der Waals surface area contributed by atoms with Gasteiger partial charge >= 0.3 is 6.09 Å². The van der Waals surface area contributed by atoms with Gasteiger partial charge in [0.1, 0.15) is 18.0 Å². The summed E-state index contributed by atoms with van der Waals surface area (Å²) in [5.41, 5.74) is 1.31. The van der Waals surface area contributed by atoms with E-state index in [-0.39, 0.29) is 18.0 Å². The first-order valence-corrected chi connectivity index (χ1v) is 15.7. The predicted molar refractivity (Wildman–Crippen MR) is 175 cm³/mol. The summed E-state index contributed by atoms with van der Waals surface area (Å²) in [7, 11) is 0. The van der Waals surface area contributed by atoms with Crippen molar-refractivity contribution in [3.8, 4) is 22.9 Å². The van der Waals surface area contributed by atoms with Crippen LogP contribution in [0.5, 0.6) is 11.6 Å². The van der Waals surface area contributed by atoms with Crippen LogP contribution in [0.1, 0.15) is 52.0 Å². The fourth-order valence-electron chi connectivity index (χ4n) is 5.62. The zero-order valence-corrected chi connectivity index (χ0v) is 26.6. The molecule has 2 fully saturated rings. The second-order valence-electron chi connectivity index (χ2n) is 13.1. The number of alkyl halides is 1. The van der Waals surface area contributed by atoms with Gasteiger partial charge in [0, 0.05) is 48.0 Å². The molecular weight excluding hydrogens is 587 g/mol. The van der Waals surface area contributed by atoms with E-state index in [4.69, 9.17) is 14.5 Å². The van der Waals surface area contributed by atoms with Crippen LogP contribution >= 0.6 is 0 Å². The number of nitrogens with zero attached hydrogens (tertiary/aromatic N) is 4. The Labute approximate surface area is 267 Å². The van der Waals surface area contributed by atoms with Crippen molar-refractivity contribution >= 4 is 34.4 Å². The lowest BCUT2D eigenvalue weighted by atomic mass is 10.0. The van der Waals surface area contributed by atoms with Gasteiger partial charge in [0.2, 0.25) is 17.7 Å². The van der Waals surface area contributed by atoms with Crippen LogP contribution in [0.15, 0.2) is 60.9 Å². The van der Waals surface area contributed by atoms with Crippen LogP contribution in [-0.2, 0) is 9.53 Å². The molecule has 2 N–H and O–H groups in total. The third-order valence-corrected chi connectivity index (χ3v) is 8.36. The summed E-state index contributed by atoms with van der Waals surface area (Å²) in [4.78, 5) is 41.0. The number of piperidine rings is 1. The summed E-state index contributed by atoms with van der Waals surface area (Å²) >= 11 is 0. The summed E-state index contributed by atoms with van der Waals surface area (Å²) in [5.74, 6) is 1.10. The monoisotopic (exact) mass is 626 g/mol. The van der Waals surface area contributed by atoms with Gasteiger partial charge in [-0.1, -0.05) is 24.3 Å². The first kappa shape index (κ1) is 31.2. The molecule has 1 saturated heterocycles. The minimum atomic E-state index is -0.908. The van der Waals surface area contributed by atoms with Crippen LogP contribution in [0, 0.1) is 12.3 Å². The minimum absolute atomic E-state index is 0.0335. The van der Waals surface area contributed by atoms with E-state index >= 15 is 0 Å². The topological polar surface area (TPSA) is 119 Å². The van der Waals surface area contributed by atoms with E-state index in [9.17, 15) is 14.0 Å². The van der Waals surface area contributed by atoms with Crippen molar-refractivity contribution in [2.45, 2.75) is 65.0 Å². The van der Waals surface area contributed by atoms with Crippen molar-refractivity contribution in [3.63, 3.8) is 0 Å². The smallest absolute Gasteiger partial charge is 0.410 e. The Kier molecular flexibility index (Phi) is 8.50. The molecule has 1 aliphatic heterocycles. The number of aryl methyl sites for hydroxylation is 1. The highest BCUT2D eigenvalue weighted by Crippen LogP contribution is 2.47. The molecule has 2 aromatic carbocycles. The summed E-state index contributed by atoms with van der Waals surface area (Å²) in [6.07, 6.45) is 5.83. The highest BCUT2D eigenvalue weighted by molar-refractivity contribution is 6.06. The molecule has 11 heteroatoms. The van der Waals surface area contributed by atoms with Gasteiger partial charge in [0.15, 0.2) is 0 Å². The third kappa shape index (κ3) is 6.73. The number of carbonyl (C=O) groups excluding carboxylic acids is 2. The van der Waals surface area contributed by atoms with E-state index in [1.807, 2.05) is 70.2 Å². The van der Waals surface area contributed by atoms with E-state index in [1.165, 1.54) is 0 Å². The van der Waals surface area contributed by atoms with Crippen molar-refractivity contribution < 1.29 is 23.5 Å². The molecule has 2 aromatic heterocycles. The Hall–Kier alpha value is -4.80. The van der Waals surface area contributed by atoms with Crippen LogP contribution < -0.4 is 15.4 Å². The summed E-state index contributed by atoms with van der Waals surface area (Å²) < 4.78 is 25.6. The average Bonchev–Trinajstić information content (AvgIpc) is 3.84. The van der Waals surface area contributed by atoms with Gasteiger partial charge < -0.3 is 25.0 Å². The number of rotatable bonds is 8. The Bertz CT molecular complexity index is 1770. The number of amides is 2. The number of halogens is 1. The molecule has 10 nitrogen and oxygen atoms in total. The van der Waals surface area contributed by atoms with E-state index in [0.29, 0.717) is 60.5 Å². The molecule has 1 saturated carbocycles. The zero-order valence-electron chi connectivity index (χ0n) is 26.6. The number of nitrogens with one attached hydrogen (secondary N) is 2. The average molecular weight is 627 g/mol. The van der Waals surface area contributed by atoms with E-state index in [0.717, 1.165) is 29.2 Å². The number of anilines is 2. The Morgan fingerprint density at radius 1 is 1.04 bits per heavy atom. The van der Waals surface area contributed by atoms with Gasteiger partial charge in [-0.2, -0.15) is 0 Å². The number of ether oxygens (including phenoxy) is 2. The number of benzene rings is 2. The fourth-order valence-corrected chi connectivity index (χ4v) is 5.62. The van der Waals surface area contributed by atoms with Crippen molar-refractivity contribution in [1.29, 1.82) is 0 Å². The first-order valence-electron chi connectivity index (χ1n) is 15.7. The van der Waals surface area contributed by atoms with Crippen LogP contribution in [-0.4, -0.2) is 63.3 Å². The van der Waals surface area contributed by atoms with Gasteiger partial charge in [-0.3, -0.25) is 4.79 Å². The minimum Gasteiger partial charge on any atom is -0.444 e. The second-order valence-corrected chi connectivity index (χ2v) is 13.1. The normalized spacial score (nSPS) is 17.3. The van der Waals surface area contributed by atoms with Gasteiger partial charge in [0.25, 0.3) is 0 Å². The van der Waals surface area contributed by atoms with Crippen molar-refractivity contribution in [2.24, 2.45) is 5.41 Å². The molecule has 1 aliphatic carbocycles. The highest BCUT2D eigenvalue weighted by Gasteiger charge is 2.50. The number of likely N-dealkylation sites (tertiary alicyclic amines) is 1. The van der Waals surface area contributed by atoms with Crippen molar-refractivity contribution in [2.75, 3.05) is 30.4 Å². The van der Waals surface area contributed by atoms with Crippen molar-refractivity contribution in [3.05, 3.63) is 66.5 Å². The van der Waals surface area contributed by atoms with E-state index in [1.54, 1.807) is 23.4 Å². The fraction of sp³-hybridized carbons (Fsp3) is 0.400. The second kappa shape index (κ2) is 12.5. The van der Waals surface area contributed by atoms with E-state index in [2.05, 4.69) is 20.6 Å². The zero-order chi connectivity index (χ0) is 32.5. The number of hydrogen-bond acceptors (Lipinski definition) is 8. The first-order chi connectivity index (χ1) is 22.0. The Balaban J connectivity index is 1.23. The lowest BCUT2D eigenvalue weighted by molar-refractivity contribution is -0.121. The lowest BCUT2D eigenvalue weighted by Crippen LogP contribution is -2.47. The van der Waals surface area contributed by atoms with Crippen molar-refractivity contribution in [1.82, 2.24) is 19.9 Å². The van der Waals surface area contributed by atoms with Gasteiger partial charge in [-0.25, -0.2) is 24.1 Å². The SMILES string of the molecule is Cc1ccc2c(NC(=O)C3(CF)CC3)cccc2c1Oc1ncccc1-c1ccnc(NC2CCCN(C(=O)OC(C)(C)C)C2)n1. The molecule has 2 amide bonds. The maximum Gasteiger partial charge on any atom is 0.410 e. The van der Waals surface area contributed by atoms with Crippen LogP contribution in [0.3, 0.4) is 0 Å². The predicted octanol–water partition coefficient (Wildman–Crippen LogP) is 7.29. The third-order valence-electron chi connectivity index (χ3n) is 8.36. The molecule has 46 heavy (non-hydrogen) atoms. The molecule has 0 spiro atoms. The molecule has 1 atom stereocenters. The van der Waals surface area contributed by atoms with Crippen LogP contribution in [0.25, 0.3) is 22.0 Å². The maximum absolute atomic E-state index is 13.6. The number of fused-ring (bicyclic) bond motifs is 1. The standard InChI is InChI=1S/C35H39FN6O4/c1-22-12-13-24-25(9-5-11-27(24)40-31(43)35(21-36)15-16-35)29(22)45-30-26(10-6-17-37-30)28-14-18-38-32(41-28)39-23-8-7-19-42(20-23)33(44)46-34(2,3)4/h5-6,9-14,17-18,23H,7-8,15-16,19-21H2,1-4H3,(H,40,43)(H,38,39,41). The number of pyridine rings is 1. The van der Waals surface area contributed by atoms with Gasteiger partial charge in [-0.05, 0) is 83.2 Å². The Morgan fingerprint density at radius 3 is 2.63 bits per heavy atom. The highest BCUT2D eigenvalue weighted by atomic mass is 19.1. The number of hydrogen-bond donors (Lipinski definition) is 2. The molecule has 1 unspecified atom stereocenters. The summed E-state index contributed by atoms with van der Waals surface area (Å²) in [6.45, 7) is 7.99. The van der Waals surface area contributed by atoms with Gasteiger partial charge in [-0.15, -0.1) is 0 Å². The maximum atomic E-state index is 13.6. The quantitative estimate of drug-likeness (QED) is 0.209. The molecule has 0 radical (unpaired) electrons. The molecule has 2 aliphatic rings. The molecule has 4 aromatic rings. The molecule has 240 valence electrons. The van der Waals surface area contributed by atoms with Crippen LogP contribution in [0.4, 0.5) is 20.8 Å². The van der Waals surface area contributed by atoms with Gasteiger partial charge in [0.05, 0.1) is 16.7 Å². The Morgan fingerprint density at radius 2 is 1.87 bits per heavy atom. The molecule has 3 heterocycles. The molecular formula is C35H39FN6O4.